The van der Waals surface area contributed by atoms with E-state index in [0.29, 0.717) is 11.1 Å². The van der Waals surface area contributed by atoms with Crippen molar-refractivity contribution in [2.45, 2.75) is 70.1 Å². The van der Waals surface area contributed by atoms with Crippen LogP contribution in [0.5, 0.6) is 5.75 Å². The first-order chi connectivity index (χ1) is 15.1. The average Bonchev–Trinajstić information content (AvgIpc) is 2.70. The fourth-order valence-electron chi connectivity index (χ4n) is 5.01. The molecule has 1 aromatic carbocycles. The summed E-state index contributed by atoms with van der Waals surface area (Å²) in [6.45, 7) is 2.91. The molecule has 2 heterocycles. The standard InChI is InChI=1S/C23H26O9/c1-9-3-14-19(16(31-9)6-12(25)8-24)21(28)15-5-11-4-13(7-17(26)27)32-10(2)18(11)23(30)20(15)22(14)29/h5,9-10,12-13,16,24-25,30H,3-4,6-8H2,1-2H3,(H,26,27)/t9?,10-,12?,13+,16?/m0/s1. The first-order valence-electron chi connectivity index (χ1n) is 10.6. The highest BCUT2D eigenvalue weighted by Crippen LogP contribution is 2.45. The minimum atomic E-state index is -1.12. The van der Waals surface area contributed by atoms with E-state index in [4.69, 9.17) is 14.6 Å². The largest absolute Gasteiger partial charge is 0.507 e. The summed E-state index contributed by atoms with van der Waals surface area (Å²) < 4.78 is 11.6. The molecule has 0 radical (unpaired) electrons. The van der Waals surface area contributed by atoms with E-state index in [1.165, 1.54) is 0 Å². The van der Waals surface area contributed by atoms with Crippen LogP contribution in [0, 0.1) is 0 Å². The Morgan fingerprint density at radius 3 is 2.56 bits per heavy atom. The number of carboxylic acids is 1. The molecule has 0 saturated heterocycles. The smallest absolute Gasteiger partial charge is 0.305 e. The number of carbonyl (C=O) groups is 3. The van der Waals surface area contributed by atoms with Crippen LogP contribution >= 0.6 is 0 Å². The lowest BCUT2D eigenvalue weighted by Crippen LogP contribution is -2.40. The number of aliphatic hydroxyl groups is 2. The lowest BCUT2D eigenvalue weighted by Gasteiger charge is -2.37. The van der Waals surface area contributed by atoms with E-state index in [1.54, 1.807) is 19.9 Å². The summed E-state index contributed by atoms with van der Waals surface area (Å²) in [7, 11) is 0. The maximum absolute atomic E-state index is 13.5. The number of rotatable bonds is 5. The van der Waals surface area contributed by atoms with Crippen LogP contribution in [0.4, 0.5) is 0 Å². The van der Waals surface area contributed by atoms with Crippen LogP contribution in [-0.4, -0.2) is 69.0 Å². The molecule has 0 saturated carbocycles. The Hall–Kier alpha value is -2.59. The van der Waals surface area contributed by atoms with Crippen molar-refractivity contribution >= 4 is 17.5 Å². The molecule has 0 aromatic heterocycles. The predicted molar refractivity (Wildman–Crippen MR) is 110 cm³/mol. The van der Waals surface area contributed by atoms with Crippen molar-refractivity contribution in [3.05, 3.63) is 39.5 Å². The maximum Gasteiger partial charge on any atom is 0.305 e. The molecule has 1 aromatic rings. The molecule has 2 aliphatic heterocycles. The highest BCUT2D eigenvalue weighted by molar-refractivity contribution is 6.28. The van der Waals surface area contributed by atoms with Gasteiger partial charge in [0.15, 0.2) is 11.6 Å². The number of ketones is 2. The van der Waals surface area contributed by atoms with Crippen molar-refractivity contribution in [1.82, 2.24) is 0 Å². The molecule has 32 heavy (non-hydrogen) atoms. The summed E-state index contributed by atoms with van der Waals surface area (Å²) in [6.07, 6.45) is -3.53. The van der Waals surface area contributed by atoms with Gasteiger partial charge >= 0.3 is 5.97 Å². The summed E-state index contributed by atoms with van der Waals surface area (Å²) in [4.78, 5) is 38.0. The Bertz CT molecular complexity index is 1020. The molecular formula is C23H26O9. The quantitative estimate of drug-likeness (QED) is 0.527. The molecule has 3 aliphatic rings. The second-order valence-corrected chi connectivity index (χ2v) is 8.68. The van der Waals surface area contributed by atoms with Gasteiger partial charge in [-0.1, -0.05) is 0 Å². The number of ether oxygens (including phenoxy) is 2. The number of phenols is 1. The van der Waals surface area contributed by atoms with Gasteiger partial charge in [-0.15, -0.1) is 0 Å². The third-order valence-corrected chi connectivity index (χ3v) is 6.30. The van der Waals surface area contributed by atoms with Gasteiger partial charge in [-0.3, -0.25) is 14.4 Å². The molecular weight excluding hydrogens is 420 g/mol. The van der Waals surface area contributed by atoms with Crippen molar-refractivity contribution in [1.29, 1.82) is 0 Å². The van der Waals surface area contributed by atoms with Crippen LogP contribution in [0.25, 0.3) is 0 Å². The zero-order valence-corrected chi connectivity index (χ0v) is 17.8. The Kier molecular flexibility index (Phi) is 5.93. The number of carbonyl (C=O) groups excluding carboxylic acids is 2. The summed E-state index contributed by atoms with van der Waals surface area (Å²) in [5.74, 6) is -2.26. The lowest BCUT2D eigenvalue weighted by atomic mass is 9.75. The van der Waals surface area contributed by atoms with Gasteiger partial charge in [0.1, 0.15) is 5.75 Å². The molecule has 5 atom stereocenters. The fourth-order valence-corrected chi connectivity index (χ4v) is 5.01. The normalized spacial score (nSPS) is 28.1. The van der Waals surface area contributed by atoms with Crippen LogP contribution in [0.15, 0.2) is 17.2 Å². The molecule has 0 fully saturated rings. The van der Waals surface area contributed by atoms with Gasteiger partial charge in [0, 0.05) is 35.1 Å². The molecule has 4 N–H and O–H groups in total. The Morgan fingerprint density at radius 2 is 1.91 bits per heavy atom. The number of aliphatic hydroxyl groups excluding tert-OH is 2. The van der Waals surface area contributed by atoms with Crippen molar-refractivity contribution < 1.29 is 44.3 Å². The zero-order chi connectivity index (χ0) is 23.3. The van der Waals surface area contributed by atoms with Gasteiger partial charge in [0.25, 0.3) is 0 Å². The van der Waals surface area contributed by atoms with Crippen LogP contribution in [0.3, 0.4) is 0 Å². The van der Waals surface area contributed by atoms with Crippen molar-refractivity contribution in [3.8, 4) is 5.75 Å². The zero-order valence-electron chi connectivity index (χ0n) is 17.8. The summed E-state index contributed by atoms with van der Waals surface area (Å²) >= 11 is 0. The van der Waals surface area contributed by atoms with E-state index in [0.717, 1.165) is 0 Å². The maximum atomic E-state index is 13.5. The van der Waals surface area contributed by atoms with E-state index in [1.807, 2.05) is 0 Å². The first-order valence-corrected chi connectivity index (χ1v) is 10.6. The number of phenolic OH excluding ortho intramolecular Hbond substituents is 1. The monoisotopic (exact) mass is 446 g/mol. The summed E-state index contributed by atoms with van der Waals surface area (Å²) in [5.41, 5.74) is 1.32. The molecule has 0 bridgehead atoms. The molecule has 9 nitrogen and oxygen atoms in total. The topological polar surface area (TPSA) is 151 Å². The van der Waals surface area contributed by atoms with Crippen molar-refractivity contribution in [3.63, 3.8) is 0 Å². The Labute approximate surface area is 184 Å². The number of fused-ring (bicyclic) bond motifs is 2. The number of hydrogen-bond acceptors (Lipinski definition) is 8. The molecule has 4 rings (SSSR count). The van der Waals surface area contributed by atoms with E-state index >= 15 is 0 Å². The van der Waals surface area contributed by atoms with Crippen LogP contribution in [0.1, 0.15) is 71.1 Å². The van der Waals surface area contributed by atoms with Gasteiger partial charge in [-0.25, -0.2) is 0 Å². The van der Waals surface area contributed by atoms with E-state index < -0.39 is 48.6 Å². The first kappa shape index (κ1) is 22.6. The molecule has 172 valence electrons. The fraction of sp³-hybridized carbons (Fsp3) is 0.522. The molecule has 1 aliphatic carbocycles. The second kappa shape index (κ2) is 8.40. The number of benzene rings is 1. The summed E-state index contributed by atoms with van der Waals surface area (Å²) in [5, 5.41) is 39.3. The SMILES string of the molecule is CC1CC2=C(C(=O)c3cc4c(c(O)c3C2=O)[C@H](C)O[C@@H](CC(=O)O)C4)C(CC(O)CO)O1. The minimum Gasteiger partial charge on any atom is -0.507 e. The predicted octanol–water partition coefficient (Wildman–Crippen LogP) is 1.47. The van der Waals surface area contributed by atoms with E-state index in [9.17, 15) is 29.7 Å². The second-order valence-electron chi connectivity index (χ2n) is 8.68. The van der Waals surface area contributed by atoms with Gasteiger partial charge in [0.05, 0.1) is 49.1 Å². The Balaban J connectivity index is 1.81. The number of aliphatic carboxylic acids is 1. The van der Waals surface area contributed by atoms with E-state index in [2.05, 4.69) is 0 Å². The van der Waals surface area contributed by atoms with Crippen LogP contribution in [-0.2, 0) is 20.7 Å². The number of hydrogen-bond donors (Lipinski definition) is 4. The highest BCUT2D eigenvalue weighted by Gasteiger charge is 2.44. The van der Waals surface area contributed by atoms with Gasteiger partial charge in [0.2, 0.25) is 0 Å². The van der Waals surface area contributed by atoms with Gasteiger partial charge < -0.3 is 29.9 Å². The van der Waals surface area contributed by atoms with E-state index in [-0.39, 0.29) is 59.8 Å². The minimum absolute atomic E-state index is 0.0369. The van der Waals surface area contributed by atoms with Gasteiger partial charge in [-0.2, -0.15) is 0 Å². The highest BCUT2D eigenvalue weighted by atomic mass is 16.5. The van der Waals surface area contributed by atoms with Crippen molar-refractivity contribution in [2.24, 2.45) is 0 Å². The number of aromatic hydroxyl groups is 1. The molecule has 0 amide bonds. The summed E-state index contributed by atoms with van der Waals surface area (Å²) in [6, 6.07) is 1.54. The van der Waals surface area contributed by atoms with Crippen molar-refractivity contribution in [2.75, 3.05) is 6.61 Å². The molecule has 9 heteroatoms. The third kappa shape index (κ3) is 3.75. The number of carboxylic acid groups (broad SMARTS) is 1. The lowest BCUT2D eigenvalue weighted by molar-refractivity contribution is -0.141. The average molecular weight is 446 g/mol. The van der Waals surface area contributed by atoms with Crippen LogP contribution in [0.2, 0.25) is 0 Å². The molecule has 0 spiro atoms. The van der Waals surface area contributed by atoms with Gasteiger partial charge in [-0.05, 0) is 31.9 Å². The van der Waals surface area contributed by atoms with Crippen LogP contribution < -0.4 is 0 Å². The number of Topliss-reactive ketones (excluding diaryl/α,β-unsaturated/α-hetero) is 2. The third-order valence-electron chi connectivity index (χ3n) is 6.30. The molecule has 3 unspecified atom stereocenters. The Morgan fingerprint density at radius 1 is 1.19 bits per heavy atom.